The number of amides is 1. The minimum atomic E-state index is -0.599. The zero-order chi connectivity index (χ0) is 24.1. The van der Waals surface area contributed by atoms with Gasteiger partial charge in [0.25, 0.3) is 0 Å². The number of likely N-dealkylation sites (N-methyl/N-ethyl adjacent to an activating group) is 1. The summed E-state index contributed by atoms with van der Waals surface area (Å²) in [6, 6.07) is 12.6. The number of nitrogens with one attached hydrogen (secondary N) is 2. The number of nitrogens with zero attached hydrogens (tertiary/aromatic N) is 5. The van der Waals surface area contributed by atoms with Gasteiger partial charge in [-0.05, 0) is 42.8 Å². The standard InChI is InChI=1S/C25H29N7O2/c1-17(19-6-4-18(10-26)5-7-19)11-28-24(20-12-29-32(3)14-20)25(33)30-23-9-8-21(13-27-23)34-22-15-31(2)16-22/h4-9,12-14,17,22,24,28H,11,15-16H2,1-3H3,(H,27,30,33). The number of benzene rings is 1. The third-order valence-electron chi connectivity index (χ3n) is 5.88. The summed E-state index contributed by atoms with van der Waals surface area (Å²) in [5.41, 5.74) is 2.48. The fourth-order valence-electron chi connectivity index (χ4n) is 3.88. The van der Waals surface area contributed by atoms with Crippen LogP contribution >= 0.6 is 0 Å². The number of aromatic nitrogens is 3. The molecule has 1 aliphatic rings. The topological polar surface area (TPSA) is 108 Å². The molecular weight excluding hydrogens is 430 g/mol. The van der Waals surface area contributed by atoms with Crippen LogP contribution in [0.1, 0.15) is 35.6 Å². The maximum Gasteiger partial charge on any atom is 0.247 e. The highest BCUT2D eigenvalue weighted by atomic mass is 16.5. The number of pyridine rings is 1. The summed E-state index contributed by atoms with van der Waals surface area (Å²) in [7, 11) is 3.87. The van der Waals surface area contributed by atoms with Crippen molar-refractivity contribution in [3.05, 3.63) is 71.7 Å². The SMILES string of the molecule is CC(CNC(C(=O)Nc1ccc(OC2CN(C)C2)cn1)c1cnn(C)c1)c1ccc(C#N)cc1. The Hall–Kier alpha value is -3.74. The largest absolute Gasteiger partial charge is 0.486 e. The molecule has 0 radical (unpaired) electrons. The van der Waals surface area contributed by atoms with Crippen molar-refractivity contribution in [2.45, 2.75) is 25.0 Å². The first kappa shape index (κ1) is 23.4. The molecule has 2 atom stereocenters. The number of rotatable bonds is 9. The van der Waals surface area contributed by atoms with Crippen molar-refractivity contribution in [1.82, 2.24) is 25.0 Å². The second kappa shape index (κ2) is 10.5. The van der Waals surface area contributed by atoms with Gasteiger partial charge < -0.3 is 15.4 Å². The molecular formula is C25H29N7O2. The van der Waals surface area contributed by atoms with Gasteiger partial charge in [-0.2, -0.15) is 10.4 Å². The first-order chi connectivity index (χ1) is 16.4. The van der Waals surface area contributed by atoms with Crippen LogP contribution in [-0.2, 0) is 11.8 Å². The van der Waals surface area contributed by atoms with Crippen LogP contribution in [-0.4, -0.2) is 58.4 Å². The number of nitriles is 1. The molecule has 0 aliphatic carbocycles. The summed E-state index contributed by atoms with van der Waals surface area (Å²) in [5, 5.41) is 19.5. The quantitative estimate of drug-likeness (QED) is 0.506. The molecule has 0 saturated carbocycles. The molecule has 1 saturated heterocycles. The van der Waals surface area contributed by atoms with Crippen LogP contribution < -0.4 is 15.4 Å². The Morgan fingerprint density at radius 3 is 2.53 bits per heavy atom. The zero-order valence-electron chi connectivity index (χ0n) is 19.6. The van der Waals surface area contributed by atoms with E-state index in [1.54, 1.807) is 35.3 Å². The zero-order valence-corrected chi connectivity index (χ0v) is 19.6. The molecule has 4 rings (SSSR count). The summed E-state index contributed by atoms with van der Waals surface area (Å²) >= 11 is 0. The van der Waals surface area contributed by atoms with Crippen LogP contribution in [0.3, 0.4) is 0 Å². The number of carbonyl (C=O) groups excluding carboxylic acids is 1. The second-order valence-electron chi connectivity index (χ2n) is 8.75. The van der Waals surface area contributed by atoms with Crippen molar-refractivity contribution in [2.24, 2.45) is 7.05 Å². The van der Waals surface area contributed by atoms with E-state index in [2.05, 4.69) is 45.7 Å². The molecule has 0 bridgehead atoms. The van der Waals surface area contributed by atoms with Gasteiger partial charge >= 0.3 is 0 Å². The van der Waals surface area contributed by atoms with Gasteiger partial charge in [-0.15, -0.1) is 0 Å². The highest BCUT2D eigenvalue weighted by Gasteiger charge is 2.25. The Balaban J connectivity index is 1.39. The van der Waals surface area contributed by atoms with Crippen LogP contribution in [0.25, 0.3) is 0 Å². The number of aryl methyl sites for hydroxylation is 1. The fourth-order valence-corrected chi connectivity index (χ4v) is 3.88. The molecule has 2 N–H and O–H groups in total. The number of hydrogen-bond acceptors (Lipinski definition) is 7. The molecule has 2 unspecified atom stereocenters. The van der Waals surface area contributed by atoms with Crippen LogP contribution in [0.4, 0.5) is 5.82 Å². The van der Waals surface area contributed by atoms with Gasteiger partial charge in [-0.1, -0.05) is 19.1 Å². The third-order valence-corrected chi connectivity index (χ3v) is 5.88. The van der Waals surface area contributed by atoms with Gasteiger partial charge in [0.15, 0.2) is 0 Å². The lowest BCUT2D eigenvalue weighted by Gasteiger charge is -2.35. The van der Waals surface area contributed by atoms with Crippen LogP contribution in [0, 0.1) is 11.3 Å². The lowest BCUT2D eigenvalue weighted by atomic mass is 9.99. The number of likely N-dealkylation sites (tertiary alicyclic amines) is 1. The van der Waals surface area contributed by atoms with Gasteiger partial charge in [0.2, 0.25) is 5.91 Å². The molecule has 0 spiro atoms. The van der Waals surface area contributed by atoms with Gasteiger partial charge in [0, 0.05) is 38.4 Å². The fraction of sp³-hybridized carbons (Fsp3) is 0.360. The molecule has 34 heavy (non-hydrogen) atoms. The predicted molar refractivity (Wildman–Crippen MR) is 128 cm³/mol. The summed E-state index contributed by atoms with van der Waals surface area (Å²) in [6.07, 6.45) is 5.32. The van der Waals surface area contributed by atoms with Gasteiger partial charge in [0.05, 0.1) is 24.0 Å². The molecule has 1 aromatic carbocycles. The van der Waals surface area contributed by atoms with E-state index in [-0.39, 0.29) is 17.9 Å². The Bertz CT molecular complexity index is 1150. The average molecular weight is 460 g/mol. The van der Waals surface area contributed by atoms with E-state index < -0.39 is 6.04 Å². The van der Waals surface area contributed by atoms with Crippen molar-refractivity contribution < 1.29 is 9.53 Å². The molecule has 9 heteroatoms. The van der Waals surface area contributed by atoms with Crippen molar-refractivity contribution in [3.8, 4) is 11.8 Å². The van der Waals surface area contributed by atoms with Gasteiger partial charge in [0.1, 0.15) is 23.7 Å². The Kier molecular flexibility index (Phi) is 7.21. The monoisotopic (exact) mass is 459 g/mol. The van der Waals surface area contributed by atoms with Crippen molar-refractivity contribution in [1.29, 1.82) is 5.26 Å². The summed E-state index contributed by atoms with van der Waals surface area (Å²) < 4.78 is 7.53. The molecule has 1 fully saturated rings. The van der Waals surface area contributed by atoms with E-state index in [0.717, 1.165) is 24.2 Å². The van der Waals surface area contributed by atoms with Crippen LogP contribution in [0.15, 0.2) is 55.0 Å². The number of hydrogen-bond donors (Lipinski definition) is 2. The molecule has 3 aromatic rings. The summed E-state index contributed by atoms with van der Waals surface area (Å²) in [6.45, 7) is 4.44. The normalized spacial score (nSPS) is 15.7. The lowest BCUT2D eigenvalue weighted by molar-refractivity contribution is -0.118. The Labute approximate surface area is 199 Å². The van der Waals surface area contributed by atoms with E-state index in [1.807, 2.05) is 31.4 Å². The van der Waals surface area contributed by atoms with E-state index in [4.69, 9.17) is 10.00 Å². The highest BCUT2D eigenvalue weighted by Crippen LogP contribution is 2.21. The van der Waals surface area contributed by atoms with E-state index in [0.29, 0.717) is 23.7 Å². The Morgan fingerprint density at radius 2 is 1.94 bits per heavy atom. The number of anilines is 1. The van der Waals surface area contributed by atoms with Crippen LogP contribution in [0.5, 0.6) is 5.75 Å². The summed E-state index contributed by atoms with van der Waals surface area (Å²) in [4.78, 5) is 19.7. The first-order valence-corrected chi connectivity index (χ1v) is 11.3. The van der Waals surface area contributed by atoms with E-state index in [9.17, 15) is 4.79 Å². The highest BCUT2D eigenvalue weighted by molar-refractivity contribution is 5.94. The molecule has 9 nitrogen and oxygen atoms in total. The van der Waals surface area contributed by atoms with Crippen LogP contribution in [0.2, 0.25) is 0 Å². The number of ether oxygens (including phenoxy) is 1. The minimum Gasteiger partial charge on any atom is -0.486 e. The third kappa shape index (κ3) is 5.78. The van der Waals surface area contributed by atoms with Gasteiger partial charge in [-0.3, -0.25) is 14.4 Å². The Morgan fingerprint density at radius 1 is 1.18 bits per heavy atom. The predicted octanol–water partition coefficient (Wildman–Crippen LogP) is 2.45. The van der Waals surface area contributed by atoms with Crippen molar-refractivity contribution in [2.75, 3.05) is 32.0 Å². The molecule has 1 aliphatic heterocycles. The average Bonchev–Trinajstić information content (AvgIpc) is 3.25. The maximum absolute atomic E-state index is 13.2. The smallest absolute Gasteiger partial charge is 0.247 e. The maximum atomic E-state index is 13.2. The van der Waals surface area contributed by atoms with Gasteiger partial charge in [-0.25, -0.2) is 4.98 Å². The lowest BCUT2D eigenvalue weighted by Crippen LogP contribution is -2.51. The molecule has 176 valence electrons. The first-order valence-electron chi connectivity index (χ1n) is 11.3. The molecule has 3 heterocycles. The van der Waals surface area contributed by atoms with Crippen molar-refractivity contribution in [3.63, 3.8) is 0 Å². The van der Waals surface area contributed by atoms with Crippen molar-refractivity contribution >= 4 is 11.7 Å². The minimum absolute atomic E-state index is 0.139. The molecule has 1 amide bonds. The van der Waals surface area contributed by atoms with E-state index >= 15 is 0 Å². The molecule has 2 aromatic heterocycles. The van der Waals surface area contributed by atoms with E-state index in [1.165, 1.54) is 0 Å². The number of carbonyl (C=O) groups is 1. The second-order valence-corrected chi connectivity index (χ2v) is 8.75. The summed E-state index contributed by atoms with van der Waals surface area (Å²) in [5.74, 6) is 1.06.